The summed E-state index contributed by atoms with van der Waals surface area (Å²) in [6.45, 7) is 1.67. The van der Waals surface area contributed by atoms with Crippen molar-refractivity contribution in [3.8, 4) is 23.0 Å². The van der Waals surface area contributed by atoms with Gasteiger partial charge in [0.1, 0.15) is 5.56 Å². The number of ether oxygens (including phenoxy) is 5. The molecule has 0 spiro atoms. The molecule has 0 atom stereocenters. The van der Waals surface area contributed by atoms with Crippen LogP contribution in [0.5, 0.6) is 23.0 Å². The largest absolute Gasteiger partial charge is 0.493 e. The van der Waals surface area contributed by atoms with Crippen molar-refractivity contribution < 1.29 is 38.2 Å². The van der Waals surface area contributed by atoms with E-state index in [0.717, 1.165) is 17.7 Å². The van der Waals surface area contributed by atoms with E-state index in [1.807, 2.05) is 0 Å². The fourth-order valence-corrected chi connectivity index (χ4v) is 2.80. The monoisotopic (exact) mass is 432 g/mol. The van der Waals surface area contributed by atoms with Crippen molar-refractivity contribution in [2.24, 2.45) is 0 Å². The molecule has 0 aliphatic carbocycles. The third-order valence-electron chi connectivity index (χ3n) is 4.26. The summed E-state index contributed by atoms with van der Waals surface area (Å²) in [6, 6.07) is 7.44. The molecule has 31 heavy (non-hydrogen) atoms. The molecule has 11 heteroatoms. The van der Waals surface area contributed by atoms with E-state index in [0.29, 0.717) is 11.5 Å². The van der Waals surface area contributed by atoms with Crippen LogP contribution < -0.4 is 24.3 Å². The first kappa shape index (κ1) is 21.7. The molecule has 0 fully saturated rings. The van der Waals surface area contributed by atoms with Crippen molar-refractivity contribution in [1.82, 2.24) is 5.32 Å². The van der Waals surface area contributed by atoms with Crippen molar-refractivity contribution >= 4 is 17.6 Å². The Bertz CT molecular complexity index is 1010. The van der Waals surface area contributed by atoms with Crippen molar-refractivity contribution in [2.45, 2.75) is 13.5 Å². The Morgan fingerprint density at radius 2 is 1.94 bits per heavy atom. The van der Waals surface area contributed by atoms with Crippen LogP contribution in [0.4, 0.5) is 5.69 Å². The molecule has 11 nitrogen and oxygen atoms in total. The molecule has 1 amide bonds. The normalized spacial score (nSPS) is 11.5. The number of esters is 1. The Hall–Kier alpha value is -4.02. The lowest BCUT2D eigenvalue weighted by molar-refractivity contribution is -0.385. The van der Waals surface area contributed by atoms with Gasteiger partial charge in [-0.2, -0.15) is 0 Å². The summed E-state index contributed by atoms with van der Waals surface area (Å²) in [7, 11) is 1.32. The molecule has 0 bridgehead atoms. The minimum absolute atomic E-state index is 0.103. The van der Waals surface area contributed by atoms with E-state index in [9.17, 15) is 19.7 Å². The summed E-state index contributed by atoms with van der Waals surface area (Å²) < 4.78 is 25.8. The molecule has 3 rings (SSSR count). The van der Waals surface area contributed by atoms with Gasteiger partial charge < -0.3 is 29.0 Å². The standard InChI is InChI=1S/C20H20N2O9/c1-3-28-18-7-13(14(22(25)26)8-16(18)27-2)20(24)29-10-19(23)21-9-12-4-5-15-17(6-12)31-11-30-15/h4-8H,3,9-11H2,1-2H3,(H,21,23). The topological polar surface area (TPSA) is 135 Å². The van der Waals surface area contributed by atoms with E-state index in [2.05, 4.69) is 5.32 Å². The fraction of sp³-hybridized carbons (Fsp3) is 0.300. The number of methoxy groups -OCH3 is 1. The number of hydrogen-bond donors (Lipinski definition) is 1. The molecule has 1 aliphatic rings. The second kappa shape index (κ2) is 9.65. The van der Waals surface area contributed by atoms with Crippen molar-refractivity contribution in [3.63, 3.8) is 0 Å². The predicted octanol–water partition coefficient (Wildman–Crippen LogP) is 2.20. The van der Waals surface area contributed by atoms with Gasteiger partial charge >= 0.3 is 5.97 Å². The van der Waals surface area contributed by atoms with Gasteiger partial charge in [0, 0.05) is 12.6 Å². The van der Waals surface area contributed by atoms with Gasteiger partial charge in [-0.15, -0.1) is 0 Å². The molecular formula is C20H20N2O9. The van der Waals surface area contributed by atoms with Crippen LogP contribution in [-0.4, -0.2) is 43.9 Å². The number of fused-ring (bicyclic) bond motifs is 1. The van der Waals surface area contributed by atoms with Crippen LogP contribution in [0, 0.1) is 10.1 Å². The molecule has 0 saturated heterocycles. The molecule has 1 heterocycles. The zero-order valence-corrected chi connectivity index (χ0v) is 16.8. The van der Waals surface area contributed by atoms with Crippen LogP contribution in [-0.2, 0) is 16.1 Å². The Morgan fingerprint density at radius 1 is 1.16 bits per heavy atom. The molecule has 2 aromatic rings. The molecule has 1 N–H and O–H groups in total. The Balaban J connectivity index is 1.62. The summed E-state index contributed by atoms with van der Waals surface area (Å²) in [5.74, 6) is -0.159. The second-order valence-electron chi connectivity index (χ2n) is 6.25. The Labute approximate surface area is 176 Å². The van der Waals surface area contributed by atoms with Crippen LogP contribution in [0.2, 0.25) is 0 Å². The molecular weight excluding hydrogens is 412 g/mol. The molecule has 0 unspecified atom stereocenters. The number of amides is 1. The van der Waals surface area contributed by atoms with Crippen molar-refractivity contribution in [3.05, 3.63) is 51.6 Å². The maximum Gasteiger partial charge on any atom is 0.345 e. The Morgan fingerprint density at radius 3 is 2.65 bits per heavy atom. The third kappa shape index (κ3) is 5.13. The predicted molar refractivity (Wildman–Crippen MR) is 106 cm³/mol. The Kier molecular flexibility index (Phi) is 6.75. The van der Waals surface area contributed by atoms with E-state index >= 15 is 0 Å². The van der Waals surface area contributed by atoms with Gasteiger partial charge in [-0.05, 0) is 24.6 Å². The first-order valence-electron chi connectivity index (χ1n) is 9.24. The molecule has 2 aromatic carbocycles. The highest BCUT2D eigenvalue weighted by Gasteiger charge is 2.26. The number of carbonyl (C=O) groups excluding carboxylic acids is 2. The van der Waals surface area contributed by atoms with Crippen molar-refractivity contribution in [1.29, 1.82) is 0 Å². The van der Waals surface area contributed by atoms with Gasteiger partial charge in [-0.25, -0.2) is 4.79 Å². The van der Waals surface area contributed by atoms with E-state index in [4.69, 9.17) is 23.7 Å². The summed E-state index contributed by atoms with van der Waals surface area (Å²) in [4.78, 5) is 35.1. The average molecular weight is 432 g/mol. The first-order valence-corrected chi connectivity index (χ1v) is 9.24. The number of nitrogens with one attached hydrogen (secondary N) is 1. The summed E-state index contributed by atoms with van der Waals surface area (Å²) in [6.07, 6.45) is 0. The van der Waals surface area contributed by atoms with E-state index < -0.39 is 29.1 Å². The van der Waals surface area contributed by atoms with Gasteiger partial charge in [0.25, 0.3) is 11.6 Å². The smallest absolute Gasteiger partial charge is 0.345 e. The second-order valence-corrected chi connectivity index (χ2v) is 6.25. The molecule has 0 aromatic heterocycles. The number of nitro benzene ring substituents is 1. The van der Waals surface area contributed by atoms with Crippen LogP contribution in [0.1, 0.15) is 22.8 Å². The van der Waals surface area contributed by atoms with E-state index in [-0.39, 0.29) is 37.0 Å². The number of rotatable bonds is 9. The molecule has 0 radical (unpaired) electrons. The van der Waals surface area contributed by atoms with Crippen molar-refractivity contribution in [2.75, 3.05) is 27.1 Å². The molecule has 164 valence electrons. The SMILES string of the molecule is CCOc1cc(C(=O)OCC(=O)NCc2ccc3c(c2)OCO3)c([N+](=O)[O-])cc1OC. The van der Waals surface area contributed by atoms with Gasteiger partial charge in [-0.3, -0.25) is 14.9 Å². The maximum atomic E-state index is 12.4. The quantitative estimate of drug-likeness (QED) is 0.359. The van der Waals surface area contributed by atoms with Gasteiger partial charge in [0.15, 0.2) is 29.6 Å². The highest BCUT2D eigenvalue weighted by atomic mass is 16.7. The molecule has 0 saturated carbocycles. The molecule has 1 aliphatic heterocycles. The van der Waals surface area contributed by atoms with Crippen LogP contribution in [0.3, 0.4) is 0 Å². The highest BCUT2D eigenvalue weighted by molar-refractivity contribution is 5.96. The van der Waals surface area contributed by atoms with Crippen LogP contribution in [0.25, 0.3) is 0 Å². The summed E-state index contributed by atoms with van der Waals surface area (Å²) >= 11 is 0. The van der Waals surface area contributed by atoms with Gasteiger partial charge in [0.05, 0.1) is 24.7 Å². The summed E-state index contributed by atoms with van der Waals surface area (Å²) in [5, 5.41) is 13.9. The number of nitrogens with zero attached hydrogens (tertiary/aromatic N) is 1. The fourth-order valence-electron chi connectivity index (χ4n) is 2.80. The zero-order valence-electron chi connectivity index (χ0n) is 16.8. The average Bonchev–Trinajstić information content (AvgIpc) is 3.23. The number of benzene rings is 2. The van der Waals surface area contributed by atoms with Crippen LogP contribution in [0.15, 0.2) is 30.3 Å². The van der Waals surface area contributed by atoms with E-state index in [1.165, 1.54) is 7.11 Å². The number of nitro groups is 1. The number of carbonyl (C=O) groups is 2. The maximum absolute atomic E-state index is 12.4. The number of hydrogen-bond acceptors (Lipinski definition) is 9. The van der Waals surface area contributed by atoms with Gasteiger partial charge in [0.2, 0.25) is 6.79 Å². The lowest BCUT2D eigenvalue weighted by atomic mass is 10.1. The zero-order chi connectivity index (χ0) is 22.4. The highest BCUT2D eigenvalue weighted by Crippen LogP contribution is 2.35. The summed E-state index contributed by atoms with van der Waals surface area (Å²) in [5.41, 5.74) is -0.111. The lowest BCUT2D eigenvalue weighted by Crippen LogP contribution is -2.28. The third-order valence-corrected chi connectivity index (χ3v) is 4.26. The van der Waals surface area contributed by atoms with Gasteiger partial charge in [-0.1, -0.05) is 6.07 Å². The first-order chi connectivity index (χ1) is 14.9. The van der Waals surface area contributed by atoms with Crippen LogP contribution >= 0.6 is 0 Å². The minimum Gasteiger partial charge on any atom is -0.493 e. The minimum atomic E-state index is -1.03. The van der Waals surface area contributed by atoms with E-state index in [1.54, 1.807) is 25.1 Å². The lowest BCUT2D eigenvalue weighted by Gasteiger charge is -2.12.